The lowest BCUT2D eigenvalue weighted by atomic mass is 10.2. The van der Waals surface area contributed by atoms with Crippen LogP contribution < -0.4 is 0 Å². The Labute approximate surface area is 102 Å². The maximum Gasteiger partial charge on any atom is 0.331 e. The van der Waals surface area contributed by atoms with E-state index in [1.54, 1.807) is 24.3 Å². The molecule has 0 atom stereocenters. The van der Waals surface area contributed by atoms with E-state index in [2.05, 4.69) is 4.84 Å². The van der Waals surface area contributed by atoms with Crippen LogP contribution in [0, 0.1) is 10.1 Å². The van der Waals surface area contributed by atoms with Gasteiger partial charge in [-0.05, 0) is 5.56 Å². The van der Waals surface area contributed by atoms with Gasteiger partial charge in [0.05, 0.1) is 0 Å². The second kappa shape index (κ2) is 6.79. The van der Waals surface area contributed by atoms with E-state index in [4.69, 9.17) is 4.74 Å². The summed E-state index contributed by atoms with van der Waals surface area (Å²) in [6.07, 6.45) is 1.38. The van der Waals surface area contributed by atoms with Crippen molar-refractivity contribution in [3.63, 3.8) is 0 Å². The zero-order chi connectivity index (χ0) is 13.4. The van der Waals surface area contributed by atoms with Gasteiger partial charge in [0.25, 0.3) is 0 Å². The van der Waals surface area contributed by atoms with Crippen LogP contribution in [0.2, 0.25) is 0 Å². The highest BCUT2D eigenvalue weighted by atomic mass is 17.0. The number of carbonyl (C=O) groups excluding carboxylic acids is 2. The third kappa shape index (κ3) is 5.40. The molecule has 94 valence electrons. The van der Waals surface area contributed by atoms with E-state index in [9.17, 15) is 19.7 Å². The molecule has 0 fully saturated rings. The molecule has 0 unspecified atom stereocenters. The fourth-order valence-electron chi connectivity index (χ4n) is 1.02. The minimum absolute atomic E-state index is 0.0499. The predicted octanol–water partition coefficient (Wildman–Crippen LogP) is 1.02. The van der Waals surface area contributed by atoms with Crippen LogP contribution in [-0.2, 0) is 25.8 Å². The summed E-state index contributed by atoms with van der Waals surface area (Å²) in [5.74, 6) is -2.05. The van der Waals surface area contributed by atoms with Gasteiger partial charge >= 0.3 is 17.0 Å². The molecular formula is C11H9NO6. The Bertz CT molecular complexity index is 468. The average Bonchev–Trinajstić information content (AvgIpc) is 2.34. The lowest BCUT2D eigenvalue weighted by Gasteiger charge is -2.01. The smallest absolute Gasteiger partial charge is 0.331 e. The number of rotatable bonds is 5. The van der Waals surface area contributed by atoms with Gasteiger partial charge in [0.15, 0.2) is 0 Å². The summed E-state index contributed by atoms with van der Waals surface area (Å²) in [4.78, 5) is 35.1. The molecule has 0 saturated carbocycles. The summed E-state index contributed by atoms with van der Waals surface area (Å²) < 4.78 is 4.78. The second-order valence-corrected chi connectivity index (χ2v) is 3.06. The van der Waals surface area contributed by atoms with E-state index in [0.717, 1.165) is 11.6 Å². The molecule has 0 aromatic heterocycles. The molecule has 18 heavy (non-hydrogen) atoms. The SMILES string of the molecule is O=C(/C=C\C(=O)O[N+](=O)[O-])OCc1ccccc1. The van der Waals surface area contributed by atoms with Gasteiger partial charge < -0.3 is 4.74 Å². The van der Waals surface area contributed by atoms with E-state index < -0.39 is 17.0 Å². The first-order valence-electron chi connectivity index (χ1n) is 4.83. The Morgan fingerprint density at radius 1 is 1.17 bits per heavy atom. The van der Waals surface area contributed by atoms with Crippen molar-refractivity contribution in [2.24, 2.45) is 0 Å². The molecule has 7 heteroatoms. The Morgan fingerprint density at radius 3 is 2.39 bits per heavy atom. The highest BCUT2D eigenvalue weighted by Crippen LogP contribution is 2.00. The minimum Gasteiger partial charge on any atom is -0.458 e. The Kier molecular flexibility index (Phi) is 5.04. The molecule has 0 amide bonds. The van der Waals surface area contributed by atoms with Crippen LogP contribution in [0.25, 0.3) is 0 Å². The van der Waals surface area contributed by atoms with Crippen molar-refractivity contribution >= 4 is 11.9 Å². The van der Waals surface area contributed by atoms with Gasteiger partial charge in [-0.15, -0.1) is 10.1 Å². The van der Waals surface area contributed by atoms with Gasteiger partial charge in [-0.2, -0.15) is 0 Å². The van der Waals surface area contributed by atoms with Crippen molar-refractivity contribution in [2.75, 3.05) is 0 Å². The number of carbonyl (C=O) groups is 2. The average molecular weight is 251 g/mol. The van der Waals surface area contributed by atoms with Crippen LogP contribution in [0.5, 0.6) is 0 Å². The summed E-state index contributed by atoms with van der Waals surface area (Å²) in [6.45, 7) is 0.0499. The normalized spacial score (nSPS) is 10.0. The number of benzene rings is 1. The van der Waals surface area contributed by atoms with Crippen molar-refractivity contribution in [1.29, 1.82) is 0 Å². The standard InChI is InChI=1S/C11H9NO6/c13-10(6-7-11(14)18-12(15)16)17-8-9-4-2-1-3-5-9/h1-7H,8H2/b7-6-. The maximum atomic E-state index is 11.1. The highest BCUT2D eigenvalue weighted by molar-refractivity contribution is 5.91. The van der Waals surface area contributed by atoms with Crippen LogP contribution in [0.1, 0.15) is 5.56 Å². The summed E-state index contributed by atoms with van der Waals surface area (Å²) in [6, 6.07) is 8.91. The Hall–Kier alpha value is -2.70. The molecule has 1 aromatic carbocycles. The lowest BCUT2D eigenvalue weighted by Crippen LogP contribution is -2.08. The lowest BCUT2D eigenvalue weighted by molar-refractivity contribution is -0.728. The highest BCUT2D eigenvalue weighted by Gasteiger charge is 2.04. The number of nitrogens with zero attached hydrogens (tertiary/aromatic N) is 1. The zero-order valence-corrected chi connectivity index (χ0v) is 9.15. The van der Waals surface area contributed by atoms with E-state index in [1.807, 2.05) is 6.07 Å². The van der Waals surface area contributed by atoms with Crippen molar-refractivity contribution in [1.82, 2.24) is 0 Å². The first kappa shape index (κ1) is 13.4. The fraction of sp³-hybridized carbons (Fsp3) is 0.0909. The molecule has 0 aliphatic rings. The van der Waals surface area contributed by atoms with Crippen LogP contribution in [0.4, 0.5) is 0 Å². The number of esters is 1. The molecule has 0 aliphatic heterocycles. The van der Waals surface area contributed by atoms with E-state index >= 15 is 0 Å². The fourth-order valence-corrected chi connectivity index (χ4v) is 1.02. The first-order valence-corrected chi connectivity index (χ1v) is 4.83. The van der Waals surface area contributed by atoms with Gasteiger partial charge in [-0.3, -0.25) is 4.79 Å². The second-order valence-electron chi connectivity index (χ2n) is 3.06. The summed E-state index contributed by atoms with van der Waals surface area (Å²) in [5.41, 5.74) is 0.784. The number of ether oxygens (including phenoxy) is 1. The molecule has 0 saturated heterocycles. The monoisotopic (exact) mass is 251 g/mol. The van der Waals surface area contributed by atoms with Crippen molar-refractivity contribution < 1.29 is 24.3 Å². The molecule has 0 N–H and O–H groups in total. The zero-order valence-electron chi connectivity index (χ0n) is 9.15. The molecule has 7 nitrogen and oxygen atoms in total. The van der Waals surface area contributed by atoms with Crippen molar-refractivity contribution in [2.45, 2.75) is 6.61 Å². The van der Waals surface area contributed by atoms with Crippen LogP contribution in [0.3, 0.4) is 0 Å². The Morgan fingerprint density at radius 2 is 1.78 bits per heavy atom. The topological polar surface area (TPSA) is 95.7 Å². The van der Waals surface area contributed by atoms with Crippen LogP contribution in [0.15, 0.2) is 42.5 Å². The van der Waals surface area contributed by atoms with E-state index in [0.29, 0.717) is 6.08 Å². The van der Waals surface area contributed by atoms with Crippen molar-refractivity contribution in [3.8, 4) is 0 Å². The Balaban J connectivity index is 2.36. The van der Waals surface area contributed by atoms with E-state index in [1.165, 1.54) is 0 Å². The van der Waals surface area contributed by atoms with Gasteiger partial charge in [0, 0.05) is 12.2 Å². The molecule has 0 bridgehead atoms. The third-order valence-electron chi connectivity index (χ3n) is 1.74. The largest absolute Gasteiger partial charge is 0.458 e. The van der Waals surface area contributed by atoms with Gasteiger partial charge in [0.2, 0.25) is 0 Å². The van der Waals surface area contributed by atoms with Crippen molar-refractivity contribution in [3.05, 3.63) is 58.2 Å². The summed E-state index contributed by atoms with van der Waals surface area (Å²) >= 11 is 0. The van der Waals surface area contributed by atoms with E-state index in [-0.39, 0.29) is 6.61 Å². The van der Waals surface area contributed by atoms with Crippen LogP contribution >= 0.6 is 0 Å². The number of hydrogen-bond acceptors (Lipinski definition) is 6. The predicted molar refractivity (Wildman–Crippen MR) is 58.5 cm³/mol. The molecule has 0 radical (unpaired) electrons. The van der Waals surface area contributed by atoms with Gasteiger partial charge in [-0.25, -0.2) is 9.63 Å². The molecular weight excluding hydrogens is 242 g/mol. The third-order valence-corrected chi connectivity index (χ3v) is 1.74. The molecule has 0 aliphatic carbocycles. The van der Waals surface area contributed by atoms with Gasteiger partial charge in [-0.1, -0.05) is 30.3 Å². The first-order chi connectivity index (χ1) is 8.58. The molecule has 1 aromatic rings. The van der Waals surface area contributed by atoms with Gasteiger partial charge in [0.1, 0.15) is 6.61 Å². The summed E-state index contributed by atoms with van der Waals surface area (Å²) in [7, 11) is 0. The number of hydrogen-bond donors (Lipinski definition) is 0. The van der Waals surface area contributed by atoms with Crippen LogP contribution in [-0.4, -0.2) is 17.0 Å². The molecule has 1 rings (SSSR count). The maximum absolute atomic E-state index is 11.1. The minimum atomic E-state index is -1.26. The quantitative estimate of drug-likeness (QED) is 0.335. The molecule has 0 heterocycles. The summed E-state index contributed by atoms with van der Waals surface area (Å²) in [5, 5.41) is 8.52. The molecule has 0 spiro atoms.